The van der Waals surface area contributed by atoms with Gasteiger partial charge in [-0.1, -0.05) is 0 Å². The van der Waals surface area contributed by atoms with Gasteiger partial charge in [0.05, 0.1) is 0 Å². The summed E-state index contributed by atoms with van der Waals surface area (Å²) in [4.78, 5) is 14.1. The number of aryl methyl sites for hydroxylation is 1. The number of nitrogens with two attached hydrogens (primary N) is 1. The lowest BCUT2D eigenvalue weighted by Gasteiger charge is -2.13. The summed E-state index contributed by atoms with van der Waals surface area (Å²) in [5, 5.41) is 0. The van der Waals surface area contributed by atoms with Crippen LogP contribution < -0.4 is 16.0 Å². The Morgan fingerprint density at radius 3 is 2.50 bits per heavy atom. The van der Waals surface area contributed by atoms with Crippen LogP contribution in [0.4, 0.5) is 14.5 Å². The minimum atomic E-state index is -0.810. The first-order valence-corrected chi connectivity index (χ1v) is 7.16. The minimum absolute atomic E-state index is 0.108. The van der Waals surface area contributed by atoms with Crippen LogP contribution in [0.3, 0.4) is 0 Å². The van der Waals surface area contributed by atoms with E-state index >= 15 is 0 Å². The molecule has 0 aliphatic rings. The number of halogens is 2. The van der Waals surface area contributed by atoms with E-state index in [0.717, 1.165) is 12.1 Å². The van der Waals surface area contributed by atoms with Crippen LogP contribution in [0.25, 0.3) is 11.1 Å². The molecule has 0 saturated heterocycles. The first-order chi connectivity index (χ1) is 11.4. The van der Waals surface area contributed by atoms with Crippen LogP contribution in [-0.4, -0.2) is 4.98 Å². The quantitative estimate of drug-likeness (QED) is 0.714. The van der Waals surface area contributed by atoms with Gasteiger partial charge in [-0.3, -0.25) is 4.79 Å². The van der Waals surface area contributed by atoms with Gasteiger partial charge < -0.3 is 15.5 Å². The number of hydrogen-bond donors (Lipinski definition) is 2. The molecule has 1 heterocycles. The number of pyridine rings is 1. The number of nitrogen functional groups attached to an aromatic ring is 1. The van der Waals surface area contributed by atoms with Crippen LogP contribution in [0.15, 0.2) is 53.5 Å². The number of anilines is 1. The molecular formula is C18H14F2N2O2. The van der Waals surface area contributed by atoms with Crippen molar-refractivity contribution in [1.82, 2.24) is 4.98 Å². The highest BCUT2D eigenvalue weighted by atomic mass is 19.1. The molecule has 0 radical (unpaired) electrons. The molecule has 0 atom stereocenters. The number of aromatic amines is 1. The van der Waals surface area contributed by atoms with Gasteiger partial charge in [0.25, 0.3) is 5.56 Å². The number of nitrogens with one attached hydrogen (secondary N) is 1. The van der Waals surface area contributed by atoms with Crippen LogP contribution in [0.2, 0.25) is 0 Å². The second-order valence-corrected chi connectivity index (χ2v) is 5.33. The number of ether oxygens (including phenoxy) is 1. The highest BCUT2D eigenvalue weighted by Gasteiger charge is 2.12. The maximum absolute atomic E-state index is 13.8. The lowest BCUT2D eigenvalue weighted by atomic mass is 10.0. The Hall–Kier alpha value is -3.15. The summed E-state index contributed by atoms with van der Waals surface area (Å²) >= 11 is 0. The van der Waals surface area contributed by atoms with Crippen molar-refractivity contribution in [3.63, 3.8) is 0 Å². The van der Waals surface area contributed by atoms with Gasteiger partial charge in [0.15, 0.2) is 11.6 Å². The van der Waals surface area contributed by atoms with Gasteiger partial charge in [-0.05, 0) is 43.3 Å². The largest absolute Gasteiger partial charge is 0.454 e. The van der Waals surface area contributed by atoms with E-state index < -0.39 is 11.6 Å². The van der Waals surface area contributed by atoms with Crippen molar-refractivity contribution in [2.24, 2.45) is 0 Å². The standard InChI is InChI=1S/C18H14F2N2O2/c1-10-6-11(9-22-18(10)23)14-8-13(21)3-5-16(14)24-17-4-2-12(19)7-15(17)20/h2-9H,21H2,1H3,(H,22,23). The van der Waals surface area contributed by atoms with E-state index in [-0.39, 0.29) is 11.3 Å². The molecule has 0 bridgehead atoms. The molecule has 3 N–H and O–H groups in total. The average Bonchev–Trinajstić information content (AvgIpc) is 2.54. The molecule has 24 heavy (non-hydrogen) atoms. The van der Waals surface area contributed by atoms with Gasteiger partial charge in [-0.25, -0.2) is 8.78 Å². The Morgan fingerprint density at radius 1 is 1.04 bits per heavy atom. The van der Waals surface area contributed by atoms with Gasteiger partial charge in [0, 0.05) is 34.6 Å². The second kappa shape index (κ2) is 6.16. The fourth-order valence-electron chi connectivity index (χ4n) is 2.29. The molecule has 0 spiro atoms. The van der Waals surface area contributed by atoms with Crippen LogP contribution >= 0.6 is 0 Å². The fraction of sp³-hybridized carbons (Fsp3) is 0.0556. The zero-order valence-corrected chi connectivity index (χ0v) is 12.8. The molecule has 3 aromatic rings. The van der Waals surface area contributed by atoms with E-state index in [2.05, 4.69) is 4.98 Å². The molecule has 0 aliphatic carbocycles. The van der Waals surface area contributed by atoms with Crippen molar-refractivity contribution in [3.05, 3.63) is 76.2 Å². The SMILES string of the molecule is Cc1cc(-c2cc(N)ccc2Oc2ccc(F)cc2F)c[nH]c1=O. The van der Waals surface area contributed by atoms with Gasteiger partial charge in [-0.15, -0.1) is 0 Å². The summed E-state index contributed by atoms with van der Waals surface area (Å²) in [7, 11) is 0. The normalized spacial score (nSPS) is 10.6. The van der Waals surface area contributed by atoms with Crippen LogP contribution in [0.1, 0.15) is 5.56 Å². The third-order valence-corrected chi connectivity index (χ3v) is 3.52. The predicted molar refractivity (Wildman–Crippen MR) is 88.1 cm³/mol. The number of benzene rings is 2. The van der Waals surface area contributed by atoms with Crippen molar-refractivity contribution in [2.75, 3.05) is 5.73 Å². The summed E-state index contributed by atoms with van der Waals surface area (Å²) in [6.07, 6.45) is 1.53. The van der Waals surface area contributed by atoms with E-state index in [9.17, 15) is 13.6 Å². The van der Waals surface area contributed by atoms with Gasteiger partial charge in [0.2, 0.25) is 0 Å². The van der Waals surface area contributed by atoms with Crippen LogP contribution in [0.5, 0.6) is 11.5 Å². The maximum atomic E-state index is 13.8. The topological polar surface area (TPSA) is 68.1 Å². The van der Waals surface area contributed by atoms with E-state index in [0.29, 0.717) is 28.1 Å². The Morgan fingerprint density at radius 2 is 1.79 bits per heavy atom. The molecule has 0 unspecified atom stereocenters. The van der Waals surface area contributed by atoms with Crippen molar-refractivity contribution in [3.8, 4) is 22.6 Å². The molecule has 4 nitrogen and oxygen atoms in total. The second-order valence-electron chi connectivity index (χ2n) is 5.33. The summed E-state index contributed by atoms with van der Waals surface area (Å²) < 4.78 is 32.4. The smallest absolute Gasteiger partial charge is 0.250 e. The van der Waals surface area contributed by atoms with Crippen molar-refractivity contribution < 1.29 is 13.5 Å². The molecular weight excluding hydrogens is 314 g/mol. The van der Waals surface area contributed by atoms with Gasteiger partial charge in [0.1, 0.15) is 11.6 Å². The lowest BCUT2D eigenvalue weighted by Crippen LogP contribution is -2.08. The number of aromatic nitrogens is 1. The summed E-state index contributed by atoms with van der Waals surface area (Å²) in [5.74, 6) is -1.27. The van der Waals surface area contributed by atoms with Crippen molar-refractivity contribution in [1.29, 1.82) is 0 Å². The first-order valence-electron chi connectivity index (χ1n) is 7.16. The van der Waals surface area contributed by atoms with Crippen molar-refractivity contribution in [2.45, 2.75) is 6.92 Å². The van der Waals surface area contributed by atoms with Crippen molar-refractivity contribution >= 4 is 5.69 Å². The van der Waals surface area contributed by atoms with E-state index in [1.54, 1.807) is 31.2 Å². The number of rotatable bonds is 3. The first kappa shape index (κ1) is 15.7. The highest BCUT2D eigenvalue weighted by molar-refractivity contribution is 5.74. The molecule has 0 fully saturated rings. The third-order valence-electron chi connectivity index (χ3n) is 3.52. The molecule has 0 saturated carbocycles. The summed E-state index contributed by atoms with van der Waals surface area (Å²) in [5.41, 5.74) is 7.88. The maximum Gasteiger partial charge on any atom is 0.250 e. The molecule has 2 aromatic carbocycles. The molecule has 0 aliphatic heterocycles. The number of hydrogen-bond acceptors (Lipinski definition) is 3. The monoisotopic (exact) mass is 328 g/mol. The highest BCUT2D eigenvalue weighted by Crippen LogP contribution is 2.35. The Kier molecular flexibility index (Phi) is 4.04. The molecule has 1 aromatic heterocycles. The molecule has 122 valence electrons. The number of H-pyrrole nitrogens is 1. The van der Waals surface area contributed by atoms with E-state index in [4.69, 9.17) is 10.5 Å². The van der Waals surface area contributed by atoms with Crippen LogP contribution in [0, 0.1) is 18.6 Å². The summed E-state index contributed by atoms with van der Waals surface area (Å²) in [6, 6.07) is 9.61. The predicted octanol–water partition coefficient (Wildman–Crippen LogP) is 4.00. The Balaban J connectivity index is 2.08. The van der Waals surface area contributed by atoms with Crippen LogP contribution in [-0.2, 0) is 0 Å². The average molecular weight is 328 g/mol. The lowest BCUT2D eigenvalue weighted by molar-refractivity contribution is 0.439. The minimum Gasteiger partial charge on any atom is -0.454 e. The van der Waals surface area contributed by atoms with E-state index in [1.165, 1.54) is 12.3 Å². The molecule has 6 heteroatoms. The molecule has 0 amide bonds. The van der Waals surface area contributed by atoms with E-state index in [1.807, 2.05) is 0 Å². The summed E-state index contributed by atoms with van der Waals surface area (Å²) in [6.45, 7) is 1.68. The Labute approximate surface area is 136 Å². The zero-order chi connectivity index (χ0) is 17.3. The third kappa shape index (κ3) is 3.12. The van der Waals surface area contributed by atoms with Gasteiger partial charge in [-0.2, -0.15) is 0 Å². The Bertz CT molecular complexity index is 967. The zero-order valence-electron chi connectivity index (χ0n) is 12.8. The van der Waals surface area contributed by atoms with Gasteiger partial charge >= 0.3 is 0 Å². The fourth-order valence-corrected chi connectivity index (χ4v) is 2.29. The molecule has 3 rings (SSSR count).